The number of furan rings is 2. The van der Waals surface area contributed by atoms with Gasteiger partial charge in [0, 0.05) is 88.9 Å². The molecule has 0 aliphatic carbocycles. The Hall–Kier alpha value is -14.5. The zero-order valence-electron chi connectivity index (χ0n) is 56.9. The zero-order valence-corrected chi connectivity index (χ0v) is 56.9. The second kappa shape index (κ2) is 24.7. The predicted octanol–water partition coefficient (Wildman–Crippen LogP) is 24.7. The van der Waals surface area contributed by atoms with E-state index in [-0.39, 0.29) is 0 Å². The van der Waals surface area contributed by atoms with E-state index in [1.54, 1.807) is 0 Å². The van der Waals surface area contributed by atoms with Crippen LogP contribution in [0.25, 0.3) is 212 Å². The normalized spacial score (nSPS) is 11.8. The fourth-order valence-electron chi connectivity index (χ4n) is 15.7. The second-order valence-corrected chi connectivity index (χ2v) is 26.8. The summed E-state index contributed by atoms with van der Waals surface area (Å²) in [5.41, 5.74) is 23.5. The molecule has 0 aliphatic rings. The second-order valence-electron chi connectivity index (χ2n) is 26.8. The van der Waals surface area contributed by atoms with E-state index in [1.165, 1.54) is 21.9 Å². The predicted molar refractivity (Wildman–Crippen MR) is 431 cm³/mol. The summed E-state index contributed by atoms with van der Waals surface area (Å²) in [7, 11) is 0. The average molecular weight is 1360 g/mol. The van der Waals surface area contributed by atoms with Gasteiger partial charge in [0.1, 0.15) is 22.3 Å². The number of aromatic nitrogens is 8. The maximum absolute atomic E-state index is 7.03. The number of para-hydroxylation sites is 4. The van der Waals surface area contributed by atoms with Crippen LogP contribution < -0.4 is 0 Å². The summed E-state index contributed by atoms with van der Waals surface area (Å²) < 4.78 is 18.8. The van der Waals surface area contributed by atoms with Crippen LogP contribution in [0.5, 0.6) is 0 Å². The first-order chi connectivity index (χ1) is 52.5. The number of fused-ring (bicyclic) bond motifs is 12. The number of hydrogen-bond donors (Lipinski definition) is 0. The molecule has 0 unspecified atom stereocenters. The molecule has 6 aromatic heterocycles. The van der Waals surface area contributed by atoms with Gasteiger partial charge < -0.3 is 18.0 Å². The van der Waals surface area contributed by atoms with Crippen molar-refractivity contribution in [2.24, 2.45) is 0 Å². The van der Waals surface area contributed by atoms with Crippen LogP contribution in [0.3, 0.4) is 0 Å². The van der Waals surface area contributed by atoms with Gasteiger partial charge in [-0.25, -0.2) is 29.9 Å². The van der Waals surface area contributed by atoms with Crippen LogP contribution in [0, 0.1) is 0 Å². The minimum Gasteiger partial charge on any atom is -0.455 e. The Labute approximate surface area is 607 Å². The number of nitrogens with zero attached hydrogens (tertiary/aromatic N) is 8. The molecule has 10 nitrogen and oxygen atoms in total. The highest BCUT2D eigenvalue weighted by Crippen LogP contribution is 2.46. The van der Waals surface area contributed by atoms with Gasteiger partial charge in [-0.15, -0.1) is 0 Å². The molecule has 6 heterocycles. The largest absolute Gasteiger partial charge is 0.455 e. The van der Waals surface area contributed by atoms with Gasteiger partial charge in [0.15, 0.2) is 34.9 Å². The van der Waals surface area contributed by atoms with E-state index < -0.39 is 0 Å². The van der Waals surface area contributed by atoms with Crippen molar-refractivity contribution in [1.29, 1.82) is 0 Å². The van der Waals surface area contributed by atoms with Crippen LogP contribution in [0.15, 0.2) is 361 Å². The van der Waals surface area contributed by atoms with Gasteiger partial charge in [0.05, 0.1) is 33.2 Å². The molecule has 0 spiro atoms. The topological polar surface area (TPSA) is 113 Å². The standard InChI is InChI=1S/C96H58N8O2/c1-6-23-59(24-7-1)68-55-80(88-77-34-17-19-41-82(77)104(84(88)56-68)70-52-54-73-75-37-20-38-78(89(75)106-86(73)58-70)95-99-91(64-27-10-3-11-28-64)97-92(100-95)65-29-12-4-13-30-65)63-47-43-60(44-48-63)61-45-49-67(50-46-61)94-98-93(66-31-14-5-15-32-66)101-96(102-94)79-39-21-36-74-72-53-51-69(57-85(72)105-90(74)79)103-81-40-18-16-33-76(81)87-71(35-22-42-83(87)103)62-25-8-2-9-26-62/h1-58H. The van der Waals surface area contributed by atoms with Gasteiger partial charge in [0.2, 0.25) is 0 Å². The van der Waals surface area contributed by atoms with Crippen molar-refractivity contribution in [2.45, 2.75) is 0 Å². The van der Waals surface area contributed by atoms with Crippen LogP contribution >= 0.6 is 0 Å². The highest BCUT2D eigenvalue weighted by molar-refractivity contribution is 6.19. The molecule has 0 amide bonds. The van der Waals surface area contributed by atoms with Gasteiger partial charge in [-0.1, -0.05) is 273 Å². The molecule has 0 radical (unpaired) electrons. The van der Waals surface area contributed by atoms with Crippen molar-refractivity contribution >= 4 is 87.5 Å². The summed E-state index contributed by atoms with van der Waals surface area (Å²) in [6.45, 7) is 0. The van der Waals surface area contributed by atoms with E-state index in [9.17, 15) is 0 Å². The Morgan fingerprint density at radius 1 is 0.189 bits per heavy atom. The first-order valence-corrected chi connectivity index (χ1v) is 35.6. The van der Waals surface area contributed by atoms with Gasteiger partial charge in [-0.05, 0) is 111 Å². The van der Waals surface area contributed by atoms with E-state index >= 15 is 0 Å². The number of hydrogen-bond acceptors (Lipinski definition) is 8. The minimum absolute atomic E-state index is 0.521. The maximum atomic E-state index is 7.03. The molecular formula is C96H58N8O2. The van der Waals surface area contributed by atoms with Gasteiger partial charge in [-0.3, -0.25) is 0 Å². The van der Waals surface area contributed by atoms with Crippen LogP contribution in [0.1, 0.15) is 0 Å². The van der Waals surface area contributed by atoms with Crippen LogP contribution in [0.2, 0.25) is 0 Å². The van der Waals surface area contributed by atoms with Crippen molar-refractivity contribution in [3.8, 4) is 124 Å². The third-order valence-electron chi connectivity index (χ3n) is 20.7. The van der Waals surface area contributed by atoms with Crippen LogP contribution in [-0.2, 0) is 0 Å². The quantitative estimate of drug-likeness (QED) is 0.119. The molecular weight excluding hydrogens is 1300 g/mol. The Kier molecular flexibility index (Phi) is 14.0. The Morgan fingerprint density at radius 3 is 1.00 bits per heavy atom. The molecule has 494 valence electrons. The Bertz CT molecular complexity index is 6970. The SMILES string of the molecule is c1ccc(-c2cc(-c3ccc(-c4ccc(-c5nc(-c6ccccc6)nc(-c6cccc7c6oc6cc(-n8c9ccccc9c9c(-c%10ccccc%10)cccc98)ccc67)n5)cc4)cc3)c3c4ccccc4n(-c4ccc5c(c4)oc4c(-c6nc(-c7ccccc7)nc(-c7ccccc7)n6)cccc45)c3c2)cc1. The molecule has 0 saturated carbocycles. The summed E-state index contributed by atoms with van der Waals surface area (Å²) in [4.78, 5) is 30.8. The molecule has 0 saturated heterocycles. The molecule has 0 N–H and O–H groups in total. The molecule has 106 heavy (non-hydrogen) atoms. The van der Waals surface area contributed by atoms with Gasteiger partial charge in [0.25, 0.3) is 0 Å². The highest BCUT2D eigenvalue weighted by Gasteiger charge is 2.25. The first-order valence-electron chi connectivity index (χ1n) is 35.6. The lowest BCUT2D eigenvalue weighted by atomic mass is 9.93. The van der Waals surface area contributed by atoms with E-state index in [0.29, 0.717) is 46.1 Å². The monoisotopic (exact) mass is 1350 g/mol. The summed E-state index contributed by atoms with van der Waals surface area (Å²) in [5.74, 6) is 3.37. The summed E-state index contributed by atoms with van der Waals surface area (Å²) in [6.07, 6.45) is 0. The van der Waals surface area contributed by atoms with Crippen LogP contribution in [0.4, 0.5) is 0 Å². The third kappa shape index (κ3) is 10.1. The molecule has 10 heteroatoms. The third-order valence-corrected chi connectivity index (χ3v) is 20.7. The van der Waals surface area contributed by atoms with Crippen molar-refractivity contribution in [3.05, 3.63) is 352 Å². The van der Waals surface area contributed by atoms with Crippen molar-refractivity contribution in [3.63, 3.8) is 0 Å². The van der Waals surface area contributed by atoms with Gasteiger partial charge in [-0.2, -0.15) is 0 Å². The lowest BCUT2D eigenvalue weighted by Gasteiger charge is -2.13. The molecule has 21 aromatic rings. The Balaban J connectivity index is 0.632. The minimum atomic E-state index is 0.521. The number of rotatable bonds is 12. The van der Waals surface area contributed by atoms with Crippen molar-refractivity contribution in [2.75, 3.05) is 0 Å². The molecule has 0 atom stereocenters. The first kappa shape index (κ1) is 60.3. The van der Waals surface area contributed by atoms with Gasteiger partial charge >= 0.3 is 0 Å². The van der Waals surface area contributed by atoms with E-state index in [1.807, 2.05) is 103 Å². The van der Waals surface area contributed by atoms with E-state index in [4.69, 9.17) is 38.7 Å². The molecule has 15 aromatic carbocycles. The smallest absolute Gasteiger partial charge is 0.167 e. The van der Waals surface area contributed by atoms with E-state index in [2.05, 4.69) is 258 Å². The fraction of sp³-hybridized carbons (Fsp3) is 0. The van der Waals surface area contributed by atoms with E-state index in [0.717, 1.165) is 144 Å². The van der Waals surface area contributed by atoms with Crippen LogP contribution in [-0.4, -0.2) is 39.0 Å². The maximum Gasteiger partial charge on any atom is 0.167 e. The molecule has 0 fully saturated rings. The fourth-order valence-corrected chi connectivity index (χ4v) is 15.7. The Morgan fingerprint density at radius 2 is 0.519 bits per heavy atom. The lowest BCUT2D eigenvalue weighted by Crippen LogP contribution is -2.00. The molecule has 21 rings (SSSR count). The average Bonchev–Trinajstić information content (AvgIpc) is 1.58. The summed E-state index contributed by atoms with van der Waals surface area (Å²) in [6, 6.07) is 123. The lowest BCUT2D eigenvalue weighted by molar-refractivity contribution is 0.669. The number of benzene rings is 15. The van der Waals surface area contributed by atoms with Crippen molar-refractivity contribution in [1.82, 2.24) is 39.0 Å². The zero-order chi connectivity index (χ0) is 69.8. The summed E-state index contributed by atoms with van der Waals surface area (Å²) in [5, 5.41) is 8.68. The molecule has 0 bridgehead atoms. The molecule has 0 aliphatic heterocycles. The highest BCUT2D eigenvalue weighted by atomic mass is 16.3. The van der Waals surface area contributed by atoms with Crippen molar-refractivity contribution < 1.29 is 8.83 Å². The summed E-state index contributed by atoms with van der Waals surface area (Å²) >= 11 is 0.